The fourth-order valence-electron chi connectivity index (χ4n) is 2.60. The summed E-state index contributed by atoms with van der Waals surface area (Å²) in [6.07, 6.45) is 0. The Morgan fingerprint density at radius 2 is 1.52 bits per heavy atom. The highest BCUT2D eigenvalue weighted by Crippen LogP contribution is 2.18. The molecule has 2 aromatic carbocycles. The Labute approximate surface area is 189 Å². The third kappa shape index (κ3) is 7.82. The average Bonchev–Trinajstić information content (AvgIpc) is 2.65. The molecule has 2 amide bonds. The van der Waals surface area contributed by atoms with Gasteiger partial charge in [-0.25, -0.2) is 0 Å². The molecule has 29 heavy (non-hydrogen) atoms. The Hall–Kier alpha value is -1.86. The number of carbonyl (C=O) groups is 2. The zero-order valence-electron chi connectivity index (χ0n) is 17.0. The number of nitrogens with zero attached hydrogens (tertiary/aromatic N) is 1. The predicted octanol–water partition coefficient (Wildman–Crippen LogP) is 4.92. The number of hydrogen-bond acceptors (Lipinski definition) is 3. The Balaban J connectivity index is 2.15. The first-order chi connectivity index (χ1) is 13.5. The first kappa shape index (κ1) is 23.4. The second kappa shape index (κ2) is 10.3. The minimum Gasteiger partial charge on any atom is -0.484 e. The number of nitrogens with one attached hydrogen (secondary N) is 1. The van der Waals surface area contributed by atoms with Crippen molar-refractivity contribution in [3.05, 3.63) is 63.0 Å². The molecule has 1 atom stereocenters. The lowest BCUT2D eigenvalue weighted by Gasteiger charge is -2.31. The van der Waals surface area contributed by atoms with Gasteiger partial charge < -0.3 is 15.0 Å². The second-order valence-corrected chi connectivity index (χ2v) is 9.64. The van der Waals surface area contributed by atoms with Crippen LogP contribution in [0.4, 0.5) is 0 Å². The number of amides is 2. The molecule has 0 unspecified atom stereocenters. The topological polar surface area (TPSA) is 58.6 Å². The summed E-state index contributed by atoms with van der Waals surface area (Å²) in [5.74, 6) is 0.135. The highest BCUT2D eigenvalue weighted by Gasteiger charge is 2.28. The van der Waals surface area contributed by atoms with Crippen LogP contribution < -0.4 is 10.1 Å². The van der Waals surface area contributed by atoms with E-state index in [-0.39, 0.29) is 24.0 Å². The standard InChI is InChI=1S/C22H26Br2N2O3/c1-15(21(28)25-22(2,3)4)26(13-16-5-7-17(23)8-6-16)20(27)14-29-19-11-9-18(24)10-12-19/h5-12,15H,13-14H2,1-4H3,(H,25,28)/t15-/m0/s1. The van der Waals surface area contributed by atoms with Gasteiger partial charge in [0.2, 0.25) is 5.91 Å². The van der Waals surface area contributed by atoms with Gasteiger partial charge in [0.05, 0.1) is 0 Å². The number of ether oxygens (including phenoxy) is 1. The van der Waals surface area contributed by atoms with Gasteiger partial charge in [-0.3, -0.25) is 9.59 Å². The van der Waals surface area contributed by atoms with Crippen LogP contribution in [0.5, 0.6) is 5.75 Å². The minimum absolute atomic E-state index is 0.148. The molecule has 1 N–H and O–H groups in total. The highest BCUT2D eigenvalue weighted by atomic mass is 79.9. The molecule has 0 saturated heterocycles. The number of halogens is 2. The van der Waals surface area contributed by atoms with Crippen molar-refractivity contribution in [2.75, 3.05) is 6.61 Å². The summed E-state index contributed by atoms with van der Waals surface area (Å²) >= 11 is 6.78. The molecule has 0 saturated carbocycles. The van der Waals surface area contributed by atoms with Crippen molar-refractivity contribution >= 4 is 43.7 Å². The van der Waals surface area contributed by atoms with Gasteiger partial charge in [0.15, 0.2) is 6.61 Å². The first-order valence-electron chi connectivity index (χ1n) is 9.29. The lowest BCUT2D eigenvalue weighted by Crippen LogP contribution is -2.53. The molecule has 0 aliphatic rings. The van der Waals surface area contributed by atoms with Gasteiger partial charge in [-0.1, -0.05) is 44.0 Å². The SMILES string of the molecule is C[C@@H](C(=O)NC(C)(C)C)N(Cc1ccc(Br)cc1)C(=O)COc1ccc(Br)cc1. The van der Waals surface area contributed by atoms with E-state index in [1.807, 2.05) is 57.2 Å². The van der Waals surface area contributed by atoms with Gasteiger partial charge in [0.25, 0.3) is 5.91 Å². The molecule has 5 nitrogen and oxygen atoms in total. The molecule has 0 aliphatic heterocycles. The molecular weight excluding hydrogens is 500 g/mol. The van der Waals surface area contributed by atoms with Gasteiger partial charge in [-0.2, -0.15) is 0 Å². The van der Waals surface area contributed by atoms with Crippen molar-refractivity contribution in [2.45, 2.75) is 45.8 Å². The van der Waals surface area contributed by atoms with E-state index in [9.17, 15) is 9.59 Å². The first-order valence-corrected chi connectivity index (χ1v) is 10.9. The van der Waals surface area contributed by atoms with Crippen molar-refractivity contribution in [1.82, 2.24) is 10.2 Å². The van der Waals surface area contributed by atoms with Crippen LogP contribution in [0.2, 0.25) is 0 Å². The van der Waals surface area contributed by atoms with Crippen molar-refractivity contribution in [3.8, 4) is 5.75 Å². The lowest BCUT2D eigenvalue weighted by atomic mass is 10.1. The number of hydrogen-bond donors (Lipinski definition) is 1. The Morgan fingerprint density at radius 3 is 2.03 bits per heavy atom. The zero-order valence-corrected chi connectivity index (χ0v) is 20.2. The molecule has 0 radical (unpaired) electrons. The van der Waals surface area contributed by atoms with E-state index < -0.39 is 6.04 Å². The maximum Gasteiger partial charge on any atom is 0.261 e. The van der Waals surface area contributed by atoms with Gasteiger partial charge in [-0.15, -0.1) is 0 Å². The van der Waals surface area contributed by atoms with Crippen molar-refractivity contribution in [3.63, 3.8) is 0 Å². The summed E-state index contributed by atoms with van der Waals surface area (Å²) in [7, 11) is 0. The maximum absolute atomic E-state index is 13.0. The van der Waals surface area contributed by atoms with E-state index in [0.717, 1.165) is 14.5 Å². The average molecular weight is 526 g/mol. The summed E-state index contributed by atoms with van der Waals surface area (Å²) < 4.78 is 7.53. The number of benzene rings is 2. The van der Waals surface area contributed by atoms with Crippen LogP contribution in [-0.2, 0) is 16.1 Å². The molecule has 0 aromatic heterocycles. The van der Waals surface area contributed by atoms with Gasteiger partial charge in [0.1, 0.15) is 11.8 Å². The van der Waals surface area contributed by atoms with E-state index in [1.165, 1.54) is 0 Å². The quantitative estimate of drug-likeness (QED) is 0.558. The Bertz CT molecular complexity index is 831. The molecule has 7 heteroatoms. The van der Waals surface area contributed by atoms with Crippen LogP contribution in [0.15, 0.2) is 57.5 Å². The molecule has 0 bridgehead atoms. The summed E-state index contributed by atoms with van der Waals surface area (Å²) in [6.45, 7) is 7.64. The summed E-state index contributed by atoms with van der Waals surface area (Å²) in [4.78, 5) is 27.2. The van der Waals surface area contributed by atoms with Crippen LogP contribution in [0.25, 0.3) is 0 Å². The van der Waals surface area contributed by atoms with Crippen molar-refractivity contribution in [1.29, 1.82) is 0 Å². The summed E-state index contributed by atoms with van der Waals surface area (Å²) in [5.41, 5.74) is 0.548. The Morgan fingerprint density at radius 1 is 1.00 bits per heavy atom. The van der Waals surface area contributed by atoms with Crippen LogP contribution in [0.1, 0.15) is 33.3 Å². The maximum atomic E-state index is 13.0. The van der Waals surface area contributed by atoms with Gasteiger partial charge >= 0.3 is 0 Å². The van der Waals surface area contributed by atoms with Crippen molar-refractivity contribution < 1.29 is 14.3 Å². The van der Waals surface area contributed by atoms with Gasteiger partial charge in [0, 0.05) is 21.0 Å². The number of carbonyl (C=O) groups excluding carboxylic acids is 2. The van der Waals surface area contributed by atoms with E-state index in [2.05, 4.69) is 37.2 Å². The summed E-state index contributed by atoms with van der Waals surface area (Å²) in [5, 5.41) is 2.94. The molecule has 0 heterocycles. The lowest BCUT2D eigenvalue weighted by molar-refractivity contribution is -0.142. The van der Waals surface area contributed by atoms with Crippen LogP contribution >= 0.6 is 31.9 Å². The smallest absolute Gasteiger partial charge is 0.261 e. The third-order valence-corrected chi connectivity index (χ3v) is 5.16. The largest absolute Gasteiger partial charge is 0.484 e. The Kier molecular flexibility index (Phi) is 8.28. The highest BCUT2D eigenvalue weighted by molar-refractivity contribution is 9.10. The fraction of sp³-hybridized carbons (Fsp3) is 0.364. The minimum atomic E-state index is -0.640. The van der Waals surface area contributed by atoms with Crippen LogP contribution in [0, 0.1) is 0 Å². The van der Waals surface area contributed by atoms with E-state index >= 15 is 0 Å². The van der Waals surface area contributed by atoms with E-state index in [1.54, 1.807) is 24.0 Å². The molecule has 2 aromatic rings. The third-order valence-electron chi connectivity index (χ3n) is 4.11. The van der Waals surface area contributed by atoms with Crippen molar-refractivity contribution in [2.24, 2.45) is 0 Å². The zero-order chi connectivity index (χ0) is 21.6. The van der Waals surface area contributed by atoms with Gasteiger partial charge in [-0.05, 0) is 69.7 Å². The fourth-order valence-corrected chi connectivity index (χ4v) is 3.13. The molecule has 0 aliphatic carbocycles. The van der Waals surface area contributed by atoms with E-state index in [0.29, 0.717) is 12.3 Å². The predicted molar refractivity (Wildman–Crippen MR) is 122 cm³/mol. The monoisotopic (exact) mass is 524 g/mol. The van der Waals surface area contributed by atoms with E-state index in [4.69, 9.17) is 4.74 Å². The summed E-state index contributed by atoms with van der Waals surface area (Å²) in [6, 6.07) is 14.3. The molecule has 2 rings (SSSR count). The molecule has 0 spiro atoms. The molecular formula is C22H26Br2N2O3. The second-order valence-electron chi connectivity index (χ2n) is 7.81. The van der Waals surface area contributed by atoms with Crippen LogP contribution in [0.3, 0.4) is 0 Å². The molecule has 156 valence electrons. The normalized spacial score (nSPS) is 12.2. The van der Waals surface area contributed by atoms with Crippen LogP contribution in [-0.4, -0.2) is 34.9 Å². The number of rotatable bonds is 7. The molecule has 0 fully saturated rings.